The molecule has 2 aliphatic carbocycles. The summed E-state index contributed by atoms with van der Waals surface area (Å²) >= 11 is 3.17. The van der Waals surface area contributed by atoms with Gasteiger partial charge in [0.25, 0.3) is 5.24 Å². The fourth-order valence-corrected chi connectivity index (χ4v) is 5.16. The normalized spacial score (nSPS) is 19.4. The van der Waals surface area contributed by atoms with Crippen molar-refractivity contribution in [2.45, 2.75) is 76.3 Å². The van der Waals surface area contributed by atoms with Crippen LogP contribution in [0.1, 0.15) is 64.2 Å². The molecule has 0 unspecified atom stereocenters. The lowest BCUT2D eigenvalue weighted by atomic mass is 9.96. The third-order valence-electron chi connectivity index (χ3n) is 4.86. The second kappa shape index (κ2) is 12.7. The molecule has 2 rings (SSSR count). The van der Waals surface area contributed by atoms with Crippen LogP contribution in [0.15, 0.2) is 0 Å². The number of thioether (sulfide) groups is 2. The van der Waals surface area contributed by atoms with E-state index in [2.05, 4.69) is 16.0 Å². The molecule has 0 aromatic rings. The largest absolute Gasteiger partial charge is 0.344 e. The smallest absolute Gasteiger partial charge is 0.315 e. The van der Waals surface area contributed by atoms with E-state index < -0.39 is 0 Å². The zero-order chi connectivity index (χ0) is 17.7. The predicted molar refractivity (Wildman–Crippen MR) is 109 cm³/mol. The van der Waals surface area contributed by atoms with Gasteiger partial charge in [-0.1, -0.05) is 50.3 Å². The van der Waals surface area contributed by atoms with E-state index in [0.29, 0.717) is 18.6 Å². The van der Waals surface area contributed by atoms with Gasteiger partial charge in [0.1, 0.15) is 0 Å². The topological polar surface area (TPSA) is 70.2 Å². The zero-order valence-corrected chi connectivity index (χ0v) is 16.8. The van der Waals surface area contributed by atoms with Crippen LogP contribution in [0.25, 0.3) is 0 Å². The fourth-order valence-electron chi connectivity index (χ4n) is 3.47. The minimum absolute atomic E-state index is 0.0336. The van der Waals surface area contributed by atoms with Crippen LogP contribution in [0.3, 0.4) is 0 Å². The Balaban J connectivity index is 1.38. The Labute approximate surface area is 160 Å². The minimum atomic E-state index is -0.0336. The summed E-state index contributed by atoms with van der Waals surface area (Å²) in [6, 6.07) is 0.725. The minimum Gasteiger partial charge on any atom is -0.344 e. The average Bonchev–Trinajstić information content (AvgIpc) is 2.62. The zero-order valence-electron chi connectivity index (χ0n) is 15.2. The number of rotatable bonds is 8. The van der Waals surface area contributed by atoms with Crippen molar-refractivity contribution in [2.75, 3.05) is 23.8 Å². The molecule has 2 aliphatic rings. The summed E-state index contributed by atoms with van der Waals surface area (Å²) in [5.74, 6) is 2.66. The molecule has 0 bridgehead atoms. The Morgan fingerprint density at radius 3 is 2.00 bits per heavy atom. The standard InChI is InChI=1S/C18H33N3O2S2/c22-17(20-15-7-3-1-4-8-15)19-11-12-24-13-14-25-18(23)21-16-9-5-2-6-10-16/h15-16H,1-14H2,(H,21,23)(H2,19,20,22). The maximum absolute atomic E-state index is 11.9. The second-order valence-electron chi connectivity index (χ2n) is 6.96. The van der Waals surface area contributed by atoms with Gasteiger partial charge in [-0.3, -0.25) is 4.79 Å². The molecule has 25 heavy (non-hydrogen) atoms. The van der Waals surface area contributed by atoms with Crippen LogP contribution in [0, 0.1) is 0 Å². The molecule has 7 heteroatoms. The lowest BCUT2D eigenvalue weighted by Crippen LogP contribution is -2.43. The highest BCUT2D eigenvalue weighted by atomic mass is 32.2. The number of hydrogen-bond acceptors (Lipinski definition) is 4. The lowest BCUT2D eigenvalue weighted by Gasteiger charge is -2.22. The van der Waals surface area contributed by atoms with E-state index in [1.54, 1.807) is 11.8 Å². The van der Waals surface area contributed by atoms with Crippen LogP contribution in [-0.4, -0.2) is 47.2 Å². The van der Waals surface area contributed by atoms with Gasteiger partial charge in [-0.25, -0.2) is 4.79 Å². The number of urea groups is 1. The molecule has 2 fully saturated rings. The van der Waals surface area contributed by atoms with Gasteiger partial charge in [0, 0.05) is 35.9 Å². The molecule has 5 nitrogen and oxygen atoms in total. The lowest BCUT2D eigenvalue weighted by molar-refractivity contribution is 0.233. The summed E-state index contributed by atoms with van der Waals surface area (Å²) in [5, 5.41) is 9.23. The van der Waals surface area contributed by atoms with E-state index in [1.807, 2.05) is 0 Å². The molecule has 0 aromatic carbocycles. The van der Waals surface area contributed by atoms with Crippen LogP contribution in [-0.2, 0) is 0 Å². The van der Waals surface area contributed by atoms with Gasteiger partial charge >= 0.3 is 6.03 Å². The Hall–Kier alpha value is -0.560. The maximum Gasteiger partial charge on any atom is 0.315 e. The summed E-state index contributed by atoms with van der Waals surface area (Å²) in [5.41, 5.74) is 0. The number of nitrogens with one attached hydrogen (secondary N) is 3. The summed E-state index contributed by atoms with van der Waals surface area (Å²) in [4.78, 5) is 23.6. The molecule has 0 atom stereocenters. The molecule has 0 aliphatic heterocycles. The van der Waals surface area contributed by atoms with Crippen molar-refractivity contribution < 1.29 is 9.59 Å². The van der Waals surface area contributed by atoms with Crippen molar-refractivity contribution in [2.24, 2.45) is 0 Å². The first kappa shape index (κ1) is 20.7. The Morgan fingerprint density at radius 2 is 1.36 bits per heavy atom. The van der Waals surface area contributed by atoms with Crippen molar-refractivity contribution in [1.82, 2.24) is 16.0 Å². The molecule has 3 amide bonds. The SMILES string of the molecule is O=C(NCCSCCSC(=O)NC1CCCCC1)NC1CCCCC1. The summed E-state index contributed by atoms with van der Waals surface area (Å²) in [7, 11) is 0. The van der Waals surface area contributed by atoms with Gasteiger partial charge in [0.2, 0.25) is 0 Å². The van der Waals surface area contributed by atoms with Crippen molar-refractivity contribution in [3.05, 3.63) is 0 Å². The number of carbonyl (C=O) groups excluding carboxylic acids is 2. The molecule has 0 heterocycles. The first-order valence-electron chi connectivity index (χ1n) is 9.79. The van der Waals surface area contributed by atoms with E-state index in [9.17, 15) is 9.59 Å². The summed E-state index contributed by atoms with van der Waals surface area (Å²) in [6.07, 6.45) is 12.0. The molecular formula is C18H33N3O2S2. The molecule has 0 spiro atoms. The highest BCUT2D eigenvalue weighted by Gasteiger charge is 2.16. The molecule has 3 N–H and O–H groups in total. The van der Waals surface area contributed by atoms with E-state index in [-0.39, 0.29) is 11.3 Å². The van der Waals surface area contributed by atoms with Crippen molar-refractivity contribution in [3.63, 3.8) is 0 Å². The molecule has 0 radical (unpaired) electrons. The predicted octanol–water partition coefficient (Wildman–Crippen LogP) is 4.13. The molecular weight excluding hydrogens is 354 g/mol. The number of carbonyl (C=O) groups is 2. The van der Waals surface area contributed by atoms with Crippen molar-refractivity contribution in [1.29, 1.82) is 0 Å². The first-order chi connectivity index (χ1) is 12.2. The van der Waals surface area contributed by atoms with Gasteiger partial charge in [-0.05, 0) is 25.7 Å². The van der Waals surface area contributed by atoms with Crippen LogP contribution in [0.5, 0.6) is 0 Å². The van der Waals surface area contributed by atoms with E-state index in [1.165, 1.54) is 50.3 Å². The first-order valence-corrected chi connectivity index (χ1v) is 11.9. The fraction of sp³-hybridized carbons (Fsp3) is 0.889. The summed E-state index contributed by atoms with van der Waals surface area (Å²) in [6.45, 7) is 0.683. The molecule has 0 aromatic heterocycles. The van der Waals surface area contributed by atoms with Crippen LogP contribution < -0.4 is 16.0 Å². The van der Waals surface area contributed by atoms with Gasteiger partial charge in [-0.15, -0.1) is 0 Å². The van der Waals surface area contributed by atoms with Crippen LogP contribution in [0.2, 0.25) is 0 Å². The van der Waals surface area contributed by atoms with E-state index >= 15 is 0 Å². The monoisotopic (exact) mass is 387 g/mol. The van der Waals surface area contributed by atoms with Crippen molar-refractivity contribution in [3.8, 4) is 0 Å². The highest BCUT2D eigenvalue weighted by molar-refractivity contribution is 8.14. The van der Waals surface area contributed by atoms with Gasteiger partial charge in [0.15, 0.2) is 0 Å². The van der Waals surface area contributed by atoms with Crippen molar-refractivity contribution >= 4 is 34.8 Å². The van der Waals surface area contributed by atoms with E-state index in [0.717, 1.165) is 42.9 Å². The number of hydrogen-bond donors (Lipinski definition) is 3. The van der Waals surface area contributed by atoms with Crippen LogP contribution in [0.4, 0.5) is 9.59 Å². The van der Waals surface area contributed by atoms with Gasteiger partial charge in [0.05, 0.1) is 0 Å². The quantitative estimate of drug-likeness (QED) is 0.548. The molecule has 0 saturated heterocycles. The number of amides is 3. The van der Waals surface area contributed by atoms with Crippen LogP contribution >= 0.6 is 23.5 Å². The summed E-state index contributed by atoms with van der Waals surface area (Å²) < 4.78 is 0. The van der Waals surface area contributed by atoms with E-state index in [4.69, 9.17) is 0 Å². The second-order valence-corrected chi connectivity index (χ2v) is 9.26. The van der Waals surface area contributed by atoms with Gasteiger partial charge < -0.3 is 16.0 Å². The molecule has 2 saturated carbocycles. The van der Waals surface area contributed by atoms with Gasteiger partial charge in [-0.2, -0.15) is 11.8 Å². The maximum atomic E-state index is 11.9. The highest BCUT2D eigenvalue weighted by Crippen LogP contribution is 2.19. The third kappa shape index (κ3) is 9.64. The third-order valence-corrected chi connectivity index (χ3v) is 6.89. The molecule has 144 valence electrons. The Bertz CT molecular complexity index is 362. The Kier molecular flexibility index (Phi) is 10.6. The Morgan fingerprint density at radius 1 is 0.760 bits per heavy atom. The average molecular weight is 388 g/mol.